The Bertz CT molecular complexity index is 542. The normalized spacial score (nSPS) is 10.3. The van der Waals surface area contributed by atoms with E-state index in [0.717, 1.165) is 0 Å². The molecule has 0 unspecified atom stereocenters. The molecule has 1 N–H and O–H groups in total. The molecule has 20 heavy (non-hydrogen) atoms. The quantitative estimate of drug-likeness (QED) is 0.693. The number of rotatable bonds is 6. The van der Waals surface area contributed by atoms with Crippen molar-refractivity contribution in [3.63, 3.8) is 0 Å². The third-order valence-electron chi connectivity index (χ3n) is 2.02. The summed E-state index contributed by atoms with van der Waals surface area (Å²) in [5.74, 6) is -1.21. The average molecular weight is 313 g/mol. The summed E-state index contributed by atoms with van der Waals surface area (Å²) in [6.07, 6.45) is 0.394. The molecule has 0 radical (unpaired) electrons. The number of sulfonamides is 1. The van der Waals surface area contributed by atoms with Crippen LogP contribution in [0.2, 0.25) is 0 Å². The number of hydrogen-bond acceptors (Lipinski definition) is 7. The third-order valence-corrected chi connectivity index (χ3v) is 3.46. The molecule has 0 bridgehead atoms. The van der Waals surface area contributed by atoms with Gasteiger partial charge < -0.3 is 9.47 Å². The van der Waals surface area contributed by atoms with Gasteiger partial charge in [-0.2, -0.15) is 9.97 Å². The van der Waals surface area contributed by atoms with Gasteiger partial charge >= 0.3 is 35.5 Å². The molecule has 8 nitrogen and oxygen atoms in total. The number of carbonyl (C=O) groups excluding carboxylic acids is 1. The third kappa shape index (κ3) is 5.61. The van der Waals surface area contributed by atoms with Crippen LogP contribution in [0.3, 0.4) is 0 Å². The second-order valence-electron chi connectivity index (χ2n) is 3.53. The zero-order valence-electron chi connectivity index (χ0n) is 10.8. The first-order valence-electron chi connectivity index (χ1n) is 5.43. The van der Waals surface area contributed by atoms with Crippen molar-refractivity contribution in [2.45, 2.75) is 13.3 Å². The Morgan fingerprint density at radius 2 is 1.75 bits per heavy atom. The minimum absolute atomic E-state index is 0. The van der Waals surface area contributed by atoms with E-state index in [1.54, 1.807) is 6.92 Å². The zero-order chi connectivity index (χ0) is 14.5. The number of nitrogens with zero attached hydrogens (tertiary/aromatic N) is 2. The van der Waals surface area contributed by atoms with Crippen molar-refractivity contribution in [3.8, 4) is 11.8 Å². The zero-order valence-corrected chi connectivity index (χ0v) is 11.7. The van der Waals surface area contributed by atoms with Crippen molar-refractivity contribution < 1.29 is 22.7 Å². The number of carbonyl (C=O) groups is 1. The molecule has 1 rings (SSSR count). The summed E-state index contributed by atoms with van der Waals surface area (Å²) < 4.78 is 34.5. The topological polar surface area (TPSA) is 107 Å². The van der Waals surface area contributed by atoms with Crippen molar-refractivity contribution >= 4 is 45.5 Å². The predicted octanol–water partition coefficient (Wildman–Crippen LogP) is -0.685. The molecule has 108 valence electrons. The van der Waals surface area contributed by atoms with E-state index in [1.807, 2.05) is 4.72 Å². The van der Waals surface area contributed by atoms with E-state index in [-0.39, 0.29) is 52.9 Å². The molecule has 0 saturated carbocycles. The average Bonchev–Trinajstić information content (AvgIpc) is 2.37. The Morgan fingerprint density at radius 3 is 2.15 bits per heavy atom. The van der Waals surface area contributed by atoms with Crippen molar-refractivity contribution in [2.24, 2.45) is 0 Å². The predicted molar refractivity (Wildman–Crippen MR) is 73.8 cm³/mol. The first kappa shape index (κ1) is 19.1. The number of methoxy groups -OCH3 is 2. The molecule has 0 aliphatic rings. The summed E-state index contributed by atoms with van der Waals surface area (Å²) in [4.78, 5) is 19.3. The molecule has 1 aromatic rings. The fraction of sp³-hybridized carbons (Fsp3) is 0.500. The second kappa shape index (κ2) is 8.40. The first-order chi connectivity index (χ1) is 8.91. The van der Waals surface area contributed by atoms with E-state index in [4.69, 9.17) is 9.47 Å². The molecule has 1 aromatic heterocycles. The van der Waals surface area contributed by atoms with E-state index >= 15 is 0 Å². The van der Waals surface area contributed by atoms with Gasteiger partial charge in [-0.3, -0.25) is 4.79 Å². The van der Waals surface area contributed by atoms with Crippen LogP contribution in [-0.2, 0) is 10.0 Å². The van der Waals surface area contributed by atoms with Crippen molar-refractivity contribution in [1.82, 2.24) is 14.7 Å². The Labute approximate surface area is 139 Å². The Balaban J connectivity index is 0.00000361. The van der Waals surface area contributed by atoms with Crippen molar-refractivity contribution in [2.75, 3.05) is 20.0 Å². The number of nitrogens with one attached hydrogen (secondary N) is 1. The molecule has 0 fully saturated rings. The van der Waals surface area contributed by atoms with Crippen LogP contribution in [0, 0.1) is 0 Å². The summed E-state index contributed by atoms with van der Waals surface area (Å²) in [5.41, 5.74) is 0. The van der Waals surface area contributed by atoms with E-state index in [1.165, 1.54) is 20.3 Å². The van der Waals surface area contributed by atoms with Crippen molar-refractivity contribution in [1.29, 1.82) is 0 Å². The molecular weight excluding hydrogens is 297 g/mol. The number of amides is 1. The van der Waals surface area contributed by atoms with Crippen LogP contribution in [0.5, 0.6) is 11.8 Å². The Hall–Kier alpha value is -0.900. The van der Waals surface area contributed by atoms with Crippen LogP contribution in [0.15, 0.2) is 6.07 Å². The molecule has 10 heteroatoms. The van der Waals surface area contributed by atoms with Gasteiger partial charge in [-0.25, -0.2) is 13.1 Å². The maximum absolute atomic E-state index is 11.7. The summed E-state index contributed by atoms with van der Waals surface area (Å²) >= 11 is 0. The molecule has 0 aliphatic heterocycles. The van der Waals surface area contributed by atoms with Gasteiger partial charge in [0.1, 0.15) is 0 Å². The van der Waals surface area contributed by atoms with Gasteiger partial charge in [-0.1, -0.05) is 6.92 Å². The van der Waals surface area contributed by atoms with Gasteiger partial charge in [0, 0.05) is 0 Å². The van der Waals surface area contributed by atoms with E-state index in [0.29, 0.717) is 6.42 Å². The fourth-order valence-electron chi connectivity index (χ4n) is 1.22. The van der Waals surface area contributed by atoms with Crippen LogP contribution in [-0.4, -0.2) is 73.8 Å². The van der Waals surface area contributed by atoms with E-state index in [2.05, 4.69) is 9.97 Å². The Kier molecular flexibility index (Phi) is 8.02. The summed E-state index contributed by atoms with van der Waals surface area (Å²) in [7, 11) is -0.963. The second-order valence-corrected chi connectivity index (χ2v) is 5.37. The van der Waals surface area contributed by atoms with Gasteiger partial charge in [0.25, 0.3) is 0 Å². The molecule has 0 saturated heterocycles. The number of hydrogen-bond donors (Lipinski definition) is 1. The number of ether oxygens (including phenoxy) is 2. The molecular formula is C10H16N3NaO5S. The Morgan fingerprint density at radius 1 is 1.25 bits per heavy atom. The molecule has 0 aliphatic carbocycles. The van der Waals surface area contributed by atoms with Gasteiger partial charge in [0.05, 0.1) is 26.0 Å². The minimum atomic E-state index is -3.68. The van der Waals surface area contributed by atoms with Crippen LogP contribution in [0.4, 0.5) is 0 Å². The molecule has 0 aromatic carbocycles. The summed E-state index contributed by atoms with van der Waals surface area (Å²) in [6.45, 7) is 1.69. The van der Waals surface area contributed by atoms with Crippen LogP contribution in [0.1, 0.15) is 24.0 Å². The number of aromatic nitrogens is 2. The maximum atomic E-state index is 11.7. The van der Waals surface area contributed by atoms with Crippen LogP contribution >= 0.6 is 0 Å². The van der Waals surface area contributed by atoms with E-state index in [9.17, 15) is 13.2 Å². The molecule has 1 amide bonds. The molecule has 0 atom stereocenters. The van der Waals surface area contributed by atoms with Gasteiger partial charge in [-0.05, 0) is 6.42 Å². The van der Waals surface area contributed by atoms with Crippen molar-refractivity contribution in [3.05, 3.63) is 11.9 Å². The van der Waals surface area contributed by atoms with Crippen LogP contribution in [0.25, 0.3) is 0 Å². The van der Waals surface area contributed by atoms with E-state index < -0.39 is 15.9 Å². The van der Waals surface area contributed by atoms with Gasteiger partial charge in [-0.15, -0.1) is 0 Å². The summed E-state index contributed by atoms with van der Waals surface area (Å²) in [6, 6.07) is 1.37. The first-order valence-corrected chi connectivity index (χ1v) is 7.09. The summed E-state index contributed by atoms with van der Waals surface area (Å²) in [5, 5.41) is 0. The fourth-order valence-corrected chi connectivity index (χ4v) is 2.23. The molecule has 1 heterocycles. The SMILES string of the molecule is CCCS(=O)(=O)NC(=O)c1nc(OC)cc(OC)n1.[NaH]. The standard InChI is InChI=1S/C10H15N3O5S.Na.H/c1-4-5-19(15,16)13-10(14)9-11-7(17-2)6-8(12-9)18-3;;/h6H,4-5H2,1-3H3,(H,13,14);;. The van der Waals surface area contributed by atoms with Gasteiger partial charge in [0.15, 0.2) is 0 Å². The molecule has 0 spiro atoms. The monoisotopic (exact) mass is 313 g/mol. The van der Waals surface area contributed by atoms with Gasteiger partial charge in [0.2, 0.25) is 27.6 Å². The van der Waals surface area contributed by atoms with Crippen LogP contribution < -0.4 is 14.2 Å².